The number of rotatable bonds is 8. The van der Waals surface area contributed by atoms with Crippen LogP contribution in [0.1, 0.15) is 24.6 Å². The number of carbonyl (C=O) groups excluding carboxylic acids is 1. The second-order valence-electron chi connectivity index (χ2n) is 5.81. The van der Waals surface area contributed by atoms with E-state index < -0.39 is 4.92 Å². The van der Waals surface area contributed by atoms with E-state index in [1.165, 1.54) is 11.6 Å². The molecule has 0 fully saturated rings. The normalized spacial score (nSPS) is 11.6. The lowest BCUT2D eigenvalue weighted by atomic mass is 10.1. The number of aryl methyl sites for hydroxylation is 2. The van der Waals surface area contributed by atoms with Gasteiger partial charge in [-0.25, -0.2) is 0 Å². The number of amides is 1. The minimum Gasteiger partial charge on any atom is -0.476 e. The number of hydrogen-bond donors (Lipinski definition) is 1. The van der Waals surface area contributed by atoms with Gasteiger partial charge in [0.1, 0.15) is 5.69 Å². The van der Waals surface area contributed by atoms with E-state index >= 15 is 0 Å². The number of carbonyl (C=O) groups is 1. The molecule has 1 N–H and O–H groups in total. The number of hydrogen-bond acceptors (Lipinski definition) is 5. The molecule has 1 heterocycles. The number of aromatic nitrogens is 1. The van der Waals surface area contributed by atoms with Gasteiger partial charge in [0.05, 0.1) is 0 Å². The minimum atomic E-state index is -0.622. The second kappa shape index (κ2) is 8.77. The first kappa shape index (κ1) is 18.4. The smallest absolute Gasteiger partial charge is 0.406 e. The van der Waals surface area contributed by atoms with Crippen LogP contribution in [-0.4, -0.2) is 28.5 Å². The average Bonchev–Trinajstić information content (AvgIpc) is 2.59. The molecule has 2 aromatic rings. The lowest BCUT2D eigenvalue weighted by Crippen LogP contribution is -2.36. The van der Waals surface area contributed by atoms with Gasteiger partial charge in [-0.05, 0) is 47.4 Å². The summed E-state index contributed by atoms with van der Waals surface area (Å²) in [5, 5.41) is 13.8. The first-order chi connectivity index (χ1) is 12.0. The average molecular weight is 343 g/mol. The number of benzene rings is 1. The standard InChI is InChI=1S/C18H21N3O4/c1-13(8-10-15-6-4-3-5-7-15)19-17(22)12-25-16-11-9-14(2)20-18(16)21(23)24/h3-7,9,11,13H,8,10,12H2,1-2H3,(H,19,22). The Kier molecular flexibility index (Phi) is 6.45. The van der Waals surface area contributed by atoms with Crippen LogP contribution in [0, 0.1) is 17.0 Å². The quantitative estimate of drug-likeness (QED) is 0.587. The molecule has 1 atom stereocenters. The molecule has 7 nitrogen and oxygen atoms in total. The van der Waals surface area contributed by atoms with E-state index in [0.717, 1.165) is 12.8 Å². The first-order valence-electron chi connectivity index (χ1n) is 8.04. The van der Waals surface area contributed by atoms with E-state index in [9.17, 15) is 14.9 Å². The van der Waals surface area contributed by atoms with Gasteiger partial charge >= 0.3 is 5.82 Å². The highest BCUT2D eigenvalue weighted by atomic mass is 16.6. The topological polar surface area (TPSA) is 94.4 Å². The minimum absolute atomic E-state index is 0.0114. The molecule has 1 amide bonds. The van der Waals surface area contributed by atoms with E-state index in [1.54, 1.807) is 13.0 Å². The van der Waals surface area contributed by atoms with Crippen molar-refractivity contribution in [3.05, 3.63) is 63.8 Å². The highest BCUT2D eigenvalue weighted by Gasteiger charge is 2.18. The van der Waals surface area contributed by atoms with Crippen LogP contribution in [0.25, 0.3) is 0 Å². The summed E-state index contributed by atoms with van der Waals surface area (Å²) in [6.07, 6.45) is 1.65. The van der Waals surface area contributed by atoms with E-state index in [0.29, 0.717) is 5.69 Å². The number of pyridine rings is 1. The van der Waals surface area contributed by atoms with Crippen molar-refractivity contribution in [2.75, 3.05) is 6.61 Å². The van der Waals surface area contributed by atoms with Gasteiger partial charge in [-0.3, -0.25) is 4.79 Å². The summed E-state index contributed by atoms with van der Waals surface area (Å²) in [6, 6.07) is 13.0. The van der Waals surface area contributed by atoms with Crippen molar-refractivity contribution >= 4 is 11.7 Å². The van der Waals surface area contributed by atoms with Crippen LogP contribution in [0.15, 0.2) is 42.5 Å². The molecule has 132 valence electrons. The highest BCUT2D eigenvalue weighted by Crippen LogP contribution is 2.24. The van der Waals surface area contributed by atoms with Gasteiger partial charge in [-0.1, -0.05) is 30.3 Å². The maximum Gasteiger partial charge on any atom is 0.406 e. The van der Waals surface area contributed by atoms with Gasteiger partial charge in [0.15, 0.2) is 6.61 Å². The number of nitro groups is 1. The summed E-state index contributed by atoms with van der Waals surface area (Å²) in [7, 11) is 0. The Morgan fingerprint density at radius 1 is 1.28 bits per heavy atom. The van der Waals surface area contributed by atoms with Gasteiger partial charge in [-0.2, -0.15) is 0 Å². The van der Waals surface area contributed by atoms with Crippen LogP contribution in [0.4, 0.5) is 5.82 Å². The number of nitrogens with zero attached hydrogens (tertiary/aromatic N) is 2. The van der Waals surface area contributed by atoms with E-state index in [-0.39, 0.29) is 30.1 Å². The summed E-state index contributed by atoms with van der Waals surface area (Å²) >= 11 is 0. The van der Waals surface area contributed by atoms with Crippen molar-refractivity contribution in [1.82, 2.24) is 10.3 Å². The lowest BCUT2D eigenvalue weighted by Gasteiger charge is -2.14. The fraction of sp³-hybridized carbons (Fsp3) is 0.333. The summed E-state index contributed by atoms with van der Waals surface area (Å²) in [5.41, 5.74) is 1.72. The molecule has 1 aromatic heterocycles. The molecular formula is C18H21N3O4. The monoisotopic (exact) mass is 343 g/mol. The zero-order valence-electron chi connectivity index (χ0n) is 14.3. The zero-order valence-corrected chi connectivity index (χ0v) is 14.3. The predicted octanol–water partition coefficient (Wildman–Crippen LogP) is 2.81. The van der Waals surface area contributed by atoms with Crippen molar-refractivity contribution in [2.24, 2.45) is 0 Å². The zero-order chi connectivity index (χ0) is 18.2. The lowest BCUT2D eigenvalue weighted by molar-refractivity contribution is -0.390. The second-order valence-corrected chi connectivity index (χ2v) is 5.81. The SMILES string of the molecule is Cc1ccc(OCC(=O)NC(C)CCc2ccccc2)c([N+](=O)[O-])n1. The maximum atomic E-state index is 12.0. The van der Waals surface area contributed by atoms with Crippen molar-refractivity contribution in [2.45, 2.75) is 32.7 Å². The third-order valence-corrected chi connectivity index (χ3v) is 3.63. The van der Waals surface area contributed by atoms with Gasteiger partial charge in [0.2, 0.25) is 5.75 Å². The Bertz CT molecular complexity index is 734. The summed E-state index contributed by atoms with van der Waals surface area (Å²) in [4.78, 5) is 26.1. The Labute approximate surface area is 146 Å². The predicted molar refractivity (Wildman–Crippen MR) is 93.5 cm³/mol. The molecule has 0 saturated carbocycles. The van der Waals surface area contributed by atoms with Crippen LogP contribution in [-0.2, 0) is 11.2 Å². The van der Waals surface area contributed by atoms with Crippen LogP contribution < -0.4 is 10.1 Å². The molecule has 1 unspecified atom stereocenters. The number of nitrogens with one attached hydrogen (secondary N) is 1. The van der Waals surface area contributed by atoms with Crippen molar-refractivity contribution in [1.29, 1.82) is 0 Å². The van der Waals surface area contributed by atoms with E-state index in [4.69, 9.17) is 4.74 Å². The molecule has 1 aromatic carbocycles. The Balaban J connectivity index is 1.81. The highest BCUT2D eigenvalue weighted by molar-refractivity contribution is 5.77. The Morgan fingerprint density at radius 2 is 2.00 bits per heavy atom. The first-order valence-corrected chi connectivity index (χ1v) is 8.04. The Hall–Kier alpha value is -2.96. The van der Waals surface area contributed by atoms with Crippen LogP contribution in [0.5, 0.6) is 5.75 Å². The number of ether oxygens (including phenoxy) is 1. The fourth-order valence-corrected chi connectivity index (χ4v) is 2.33. The molecule has 0 saturated heterocycles. The third kappa shape index (κ3) is 5.87. The van der Waals surface area contributed by atoms with E-state index in [2.05, 4.69) is 10.3 Å². The van der Waals surface area contributed by atoms with Crippen LogP contribution in [0.3, 0.4) is 0 Å². The van der Waals surface area contributed by atoms with Crippen molar-refractivity contribution in [3.63, 3.8) is 0 Å². The molecule has 0 radical (unpaired) electrons. The molecular weight excluding hydrogens is 322 g/mol. The van der Waals surface area contributed by atoms with Crippen LogP contribution in [0.2, 0.25) is 0 Å². The molecule has 0 aliphatic rings. The van der Waals surface area contributed by atoms with Gasteiger partial charge in [0.25, 0.3) is 5.91 Å². The van der Waals surface area contributed by atoms with Crippen molar-refractivity contribution in [3.8, 4) is 5.75 Å². The summed E-state index contributed by atoms with van der Waals surface area (Å²) in [5.74, 6) is -0.719. The summed E-state index contributed by atoms with van der Waals surface area (Å²) in [6.45, 7) is 3.27. The molecule has 0 aliphatic carbocycles. The molecule has 2 rings (SSSR count). The fourth-order valence-electron chi connectivity index (χ4n) is 2.33. The third-order valence-electron chi connectivity index (χ3n) is 3.63. The largest absolute Gasteiger partial charge is 0.476 e. The van der Waals surface area contributed by atoms with E-state index in [1.807, 2.05) is 37.3 Å². The maximum absolute atomic E-state index is 12.0. The molecule has 0 spiro atoms. The molecule has 0 bridgehead atoms. The molecule has 7 heteroatoms. The van der Waals surface area contributed by atoms with Crippen LogP contribution >= 0.6 is 0 Å². The van der Waals surface area contributed by atoms with Crippen molar-refractivity contribution < 1.29 is 14.5 Å². The molecule has 0 aliphatic heterocycles. The van der Waals surface area contributed by atoms with Gasteiger partial charge in [0, 0.05) is 13.0 Å². The molecule has 25 heavy (non-hydrogen) atoms. The Morgan fingerprint density at radius 3 is 2.68 bits per heavy atom. The summed E-state index contributed by atoms with van der Waals surface area (Å²) < 4.78 is 5.26. The van der Waals surface area contributed by atoms with Gasteiger partial charge in [-0.15, -0.1) is 0 Å². The van der Waals surface area contributed by atoms with Gasteiger partial charge < -0.3 is 20.2 Å².